The molecule has 3 N–H and O–H groups in total. The van der Waals surface area contributed by atoms with Gasteiger partial charge in [0.25, 0.3) is 5.91 Å². The second-order valence-electron chi connectivity index (χ2n) is 7.40. The molecule has 3 rings (SSSR count). The Morgan fingerprint density at radius 1 is 1.18 bits per heavy atom. The molecule has 34 heavy (non-hydrogen) atoms. The van der Waals surface area contributed by atoms with Crippen molar-refractivity contribution in [3.63, 3.8) is 0 Å². The number of carbonyl (C=O) groups is 3. The molecule has 0 bridgehead atoms. The largest absolute Gasteiger partial charge is 0.485 e. The Kier molecular flexibility index (Phi) is 7.94. The van der Waals surface area contributed by atoms with E-state index in [0.717, 1.165) is 28.2 Å². The fourth-order valence-electron chi connectivity index (χ4n) is 3.10. The number of ether oxygens (including phenoxy) is 2. The van der Waals surface area contributed by atoms with Crippen LogP contribution in [0, 0.1) is 20.8 Å². The van der Waals surface area contributed by atoms with Gasteiger partial charge in [-0.15, -0.1) is 21.5 Å². The number of nitrogens with zero attached hydrogens (tertiary/aromatic N) is 3. The molecular weight excluding hydrogens is 478 g/mol. The topological polar surface area (TPSA) is 138 Å². The third-order valence-corrected chi connectivity index (χ3v) is 7.42. The van der Waals surface area contributed by atoms with Crippen LogP contribution in [-0.2, 0) is 23.2 Å². The molecule has 0 aliphatic carbocycles. The van der Waals surface area contributed by atoms with Crippen LogP contribution in [0.5, 0.6) is 5.75 Å². The molecule has 2 amide bonds. The van der Waals surface area contributed by atoms with Gasteiger partial charge in [0.1, 0.15) is 17.4 Å². The number of thioether (sulfide) groups is 1. The number of rotatable bonds is 9. The van der Waals surface area contributed by atoms with Crippen LogP contribution in [0.3, 0.4) is 0 Å². The standard InChI is InChI=1S/C22H25N5O5S2/c1-11-7-6-8-14(12(11)2)32-9-15-25-26-22(27(15)4)33-10-16(28)24-20-17(21(30)31-5)13(3)18(34-20)19(23)29/h6-8H,9-10H2,1-5H3,(H2,23,29)(H,24,28). The fourth-order valence-corrected chi connectivity index (χ4v) is 4.89. The minimum atomic E-state index is -0.683. The lowest BCUT2D eigenvalue weighted by atomic mass is 10.1. The molecule has 12 heteroatoms. The number of primary amides is 1. The molecule has 10 nitrogen and oxygen atoms in total. The summed E-state index contributed by atoms with van der Waals surface area (Å²) in [5, 5.41) is 11.7. The minimum Gasteiger partial charge on any atom is -0.485 e. The lowest BCUT2D eigenvalue weighted by Crippen LogP contribution is -2.16. The number of benzene rings is 1. The fraction of sp³-hybridized carbons (Fsp3) is 0.318. The number of hydrogen-bond acceptors (Lipinski definition) is 9. The van der Waals surface area contributed by atoms with Gasteiger partial charge in [-0.1, -0.05) is 23.9 Å². The number of thiophene rings is 1. The van der Waals surface area contributed by atoms with Gasteiger partial charge >= 0.3 is 5.97 Å². The molecule has 0 saturated carbocycles. The molecule has 3 aromatic rings. The van der Waals surface area contributed by atoms with E-state index in [-0.39, 0.29) is 33.7 Å². The lowest BCUT2D eigenvalue weighted by Gasteiger charge is -2.10. The zero-order chi connectivity index (χ0) is 25.0. The number of methoxy groups -OCH3 is 1. The Morgan fingerprint density at radius 2 is 1.91 bits per heavy atom. The van der Waals surface area contributed by atoms with Crippen LogP contribution in [-0.4, -0.2) is 45.4 Å². The molecule has 0 atom stereocenters. The van der Waals surface area contributed by atoms with Crippen molar-refractivity contribution in [2.24, 2.45) is 12.8 Å². The molecule has 0 aliphatic heterocycles. The van der Waals surface area contributed by atoms with E-state index in [4.69, 9.17) is 15.2 Å². The monoisotopic (exact) mass is 503 g/mol. The first kappa shape index (κ1) is 25.2. The maximum atomic E-state index is 12.6. The van der Waals surface area contributed by atoms with Crippen molar-refractivity contribution in [3.05, 3.63) is 51.2 Å². The van der Waals surface area contributed by atoms with Gasteiger partial charge in [-0.25, -0.2) is 4.79 Å². The van der Waals surface area contributed by atoms with Crippen LogP contribution < -0.4 is 15.8 Å². The van der Waals surface area contributed by atoms with Gasteiger partial charge in [0.15, 0.2) is 11.0 Å². The van der Waals surface area contributed by atoms with Crippen LogP contribution in [0.1, 0.15) is 42.5 Å². The Balaban J connectivity index is 1.64. The highest BCUT2D eigenvalue weighted by atomic mass is 32.2. The van der Waals surface area contributed by atoms with E-state index in [0.29, 0.717) is 16.5 Å². The van der Waals surface area contributed by atoms with Crippen LogP contribution in [0.25, 0.3) is 0 Å². The highest BCUT2D eigenvalue weighted by Gasteiger charge is 2.25. The summed E-state index contributed by atoms with van der Waals surface area (Å²) in [6.07, 6.45) is 0. The minimum absolute atomic E-state index is 0.00723. The number of carbonyl (C=O) groups excluding carboxylic acids is 3. The zero-order valence-electron chi connectivity index (χ0n) is 19.4. The number of hydrogen-bond donors (Lipinski definition) is 2. The van der Waals surface area contributed by atoms with Gasteiger partial charge in [0.2, 0.25) is 5.91 Å². The van der Waals surface area contributed by atoms with Crippen LogP contribution in [0.2, 0.25) is 0 Å². The van der Waals surface area contributed by atoms with Crippen molar-refractivity contribution < 1.29 is 23.9 Å². The van der Waals surface area contributed by atoms with Crippen LogP contribution >= 0.6 is 23.1 Å². The van der Waals surface area contributed by atoms with E-state index in [1.54, 1.807) is 18.5 Å². The second-order valence-corrected chi connectivity index (χ2v) is 9.36. The highest BCUT2D eigenvalue weighted by molar-refractivity contribution is 7.99. The molecule has 0 unspecified atom stereocenters. The molecule has 0 fully saturated rings. The first-order chi connectivity index (χ1) is 16.1. The highest BCUT2D eigenvalue weighted by Crippen LogP contribution is 2.33. The van der Waals surface area contributed by atoms with E-state index >= 15 is 0 Å². The number of anilines is 1. The molecule has 2 aromatic heterocycles. The molecule has 0 aliphatic rings. The summed E-state index contributed by atoms with van der Waals surface area (Å²) in [4.78, 5) is 36.5. The van der Waals surface area contributed by atoms with Gasteiger partial charge in [0.05, 0.1) is 23.3 Å². The smallest absolute Gasteiger partial charge is 0.341 e. The van der Waals surface area contributed by atoms with Crippen molar-refractivity contribution in [1.29, 1.82) is 0 Å². The number of amides is 2. The molecule has 0 saturated heterocycles. The van der Waals surface area contributed by atoms with E-state index in [1.807, 2.05) is 32.0 Å². The Morgan fingerprint density at radius 3 is 2.59 bits per heavy atom. The second kappa shape index (κ2) is 10.7. The molecule has 0 radical (unpaired) electrons. The summed E-state index contributed by atoms with van der Waals surface area (Å²) in [6.45, 7) is 5.82. The summed E-state index contributed by atoms with van der Waals surface area (Å²) in [5.74, 6) is -0.337. The number of aryl methyl sites for hydroxylation is 1. The lowest BCUT2D eigenvalue weighted by molar-refractivity contribution is -0.113. The van der Waals surface area contributed by atoms with Gasteiger partial charge in [0, 0.05) is 7.05 Å². The Bertz CT molecular complexity index is 1250. The van der Waals surface area contributed by atoms with Crippen molar-refractivity contribution in [3.8, 4) is 5.75 Å². The van der Waals surface area contributed by atoms with Gasteiger partial charge < -0.3 is 25.1 Å². The summed E-state index contributed by atoms with van der Waals surface area (Å²) >= 11 is 2.11. The number of aromatic nitrogens is 3. The van der Waals surface area contributed by atoms with Crippen molar-refractivity contribution in [2.75, 3.05) is 18.2 Å². The summed E-state index contributed by atoms with van der Waals surface area (Å²) in [6, 6.07) is 5.85. The van der Waals surface area contributed by atoms with E-state index in [1.165, 1.54) is 18.9 Å². The number of esters is 1. The number of nitrogens with two attached hydrogens (primary N) is 1. The van der Waals surface area contributed by atoms with Crippen molar-refractivity contribution in [2.45, 2.75) is 32.5 Å². The molecule has 0 spiro atoms. The predicted molar refractivity (Wildman–Crippen MR) is 130 cm³/mol. The summed E-state index contributed by atoms with van der Waals surface area (Å²) in [5.41, 5.74) is 8.06. The van der Waals surface area contributed by atoms with Crippen LogP contribution in [0.15, 0.2) is 23.4 Å². The van der Waals surface area contributed by atoms with Crippen LogP contribution in [0.4, 0.5) is 5.00 Å². The Hall–Kier alpha value is -3.38. The van der Waals surface area contributed by atoms with Gasteiger partial charge in [-0.2, -0.15) is 0 Å². The molecule has 180 valence electrons. The van der Waals surface area contributed by atoms with Crippen molar-refractivity contribution >= 4 is 45.9 Å². The van der Waals surface area contributed by atoms with E-state index in [9.17, 15) is 14.4 Å². The maximum absolute atomic E-state index is 12.6. The predicted octanol–water partition coefficient (Wildman–Crippen LogP) is 3.00. The summed E-state index contributed by atoms with van der Waals surface area (Å²) in [7, 11) is 3.01. The average molecular weight is 504 g/mol. The first-order valence-electron chi connectivity index (χ1n) is 10.2. The van der Waals surface area contributed by atoms with Gasteiger partial charge in [-0.3, -0.25) is 9.59 Å². The molecule has 1 aromatic carbocycles. The van der Waals surface area contributed by atoms with E-state index in [2.05, 4.69) is 15.5 Å². The average Bonchev–Trinajstić information content (AvgIpc) is 3.31. The maximum Gasteiger partial charge on any atom is 0.341 e. The zero-order valence-corrected chi connectivity index (χ0v) is 21.1. The first-order valence-corrected chi connectivity index (χ1v) is 12.0. The Labute approximate surface area is 204 Å². The quantitative estimate of drug-likeness (QED) is 0.336. The SMILES string of the molecule is COC(=O)c1c(NC(=O)CSc2nnc(COc3cccc(C)c3C)n2C)sc(C(N)=O)c1C. The third kappa shape index (κ3) is 5.39. The summed E-state index contributed by atoms with van der Waals surface area (Å²) < 4.78 is 12.4. The van der Waals surface area contributed by atoms with Gasteiger partial charge in [-0.05, 0) is 43.5 Å². The van der Waals surface area contributed by atoms with E-state index < -0.39 is 11.9 Å². The molecule has 2 heterocycles. The van der Waals surface area contributed by atoms with Crippen molar-refractivity contribution in [1.82, 2.24) is 14.8 Å². The molecular formula is C22H25N5O5S2. The number of nitrogens with one attached hydrogen (secondary N) is 1. The normalized spacial score (nSPS) is 10.7. The third-order valence-electron chi connectivity index (χ3n) is 5.18.